The highest BCUT2D eigenvalue weighted by atomic mass is 19.1. The van der Waals surface area contributed by atoms with E-state index in [1.165, 1.54) is 29.5 Å². The summed E-state index contributed by atoms with van der Waals surface area (Å²) in [7, 11) is 0. The molecule has 0 aromatic heterocycles. The number of benzene rings is 2. The van der Waals surface area contributed by atoms with Crippen LogP contribution in [0.2, 0.25) is 0 Å². The fraction of sp³-hybridized carbons (Fsp3) is 0.500. The van der Waals surface area contributed by atoms with Crippen LogP contribution in [-0.2, 0) is 19.3 Å². The molecule has 0 aliphatic carbocycles. The van der Waals surface area contributed by atoms with Gasteiger partial charge in [0.25, 0.3) is 0 Å². The lowest BCUT2D eigenvalue weighted by molar-refractivity contribution is 0.0970. The van der Waals surface area contributed by atoms with Gasteiger partial charge >= 0.3 is 0 Å². The van der Waals surface area contributed by atoms with Crippen LogP contribution in [0.1, 0.15) is 52.7 Å². The van der Waals surface area contributed by atoms with Gasteiger partial charge in [0.2, 0.25) is 0 Å². The minimum atomic E-state index is -0.161. The van der Waals surface area contributed by atoms with Crippen LogP contribution in [0.25, 0.3) is 0 Å². The largest absolute Gasteiger partial charge is 0.316 e. The molecule has 2 aliphatic rings. The molecule has 0 radical (unpaired) electrons. The fourth-order valence-corrected chi connectivity index (χ4v) is 4.82. The average molecular weight is 409 g/mol. The number of ketones is 1. The first-order valence-corrected chi connectivity index (χ1v) is 11.5. The average Bonchev–Trinajstić information content (AvgIpc) is 3.01. The number of carbonyl (C=O) groups is 1. The predicted molar refractivity (Wildman–Crippen MR) is 120 cm³/mol. The molecule has 3 nitrogen and oxygen atoms in total. The standard InChI is InChI=1S/C26H33FN2O/c27-25-7-3-20(4-8-25)18-21-11-16-29(17-12-21)15-1-2-26(30)24-6-5-22-9-13-28-14-10-23(22)19-24/h3-8,19,21,28H,1-2,9-18H2. The van der Waals surface area contributed by atoms with E-state index < -0.39 is 0 Å². The van der Waals surface area contributed by atoms with Gasteiger partial charge in [-0.3, -0.25) is 4.79 Å². The lowest BCUT2D eigenvalue weighted by Gasteiger charge is -2.32. The maximum atomic E-state index is 13.1. The van der Waals surface area contributed by atoms with E-state index in [2.05, 4.69) is 22.3 Å². The number of piperidine rings is 1. The third-order valence-electron chi connectivity index (χ3n) is 6.69. The highest BCUT2D eigenvalue weighted by Gasteiger charge is 2.20. The molecule has 30 heavy (non-hydrogen) atoms. The van der Waals surface area contributed by atoms with Crippen molar-refractivity contribution in [1.29, 1.82) is 0 Å². The molecule has 2 aromatic rings. The highest BCUT2D eigenvalue weighted by molar-refractivity contribution is 5.96. The molecule has 0 unspecified atom stereocenters. The first-order valence-electron chi connectivity index (χ1n) is 11.5. The number of hydrogen-bond acceptors (Lipinski definition) is 3. The maximum absolute atomic E-state index is 13.1. The summed E-state index contributed by atoms with van der Waals surface area (Å²) in [5.74, 6) is 0.801. The molecule has 0 atom stereocenters. The van der Waals surface area contributed by atoms with Crippen LogP contribution in [0.5, 0.6) is 0 Å². The number of fused-ring (bicyclic) bond motifs is 1. The Labute approximate surface area is 179 Å². The highest BCUT2D eigenvalue weighted by Crippen LogP contribution is 2.22. The normalized spacial score (nSPS) is 18.0. The van der Waals surface area contributed by atoms with E-state index in [1.54, 1.807) is 12.1 Å². The first-order chi connectivity index (χ1) is 14.7. The van der Waals surface area contributed by atoms with Crippen molar-refractivity contribution in [3.63, 3.8) is 0 Å². The molecule has 4 heteroatoms. The Balaban J connectivity index is 1.18. The van der Waals surface area contributed by atoms with Gasteiger partial charge in [-0.05, 0) is 112 Å². The van der Waals surface area contributed by atoms with Crippen LogP contribution < -0.4 is 5.32 Å². The van der Waals surface area contributed by atoms with Crippen molar-refractivity contribution in [3.05, 3.63) is 70.5 Å². The third-order valence-corrected chi connectivity index (χ3v) is 6.69. The molecule has 1 saturated heterocycles. The van der Waals surface area contributed by atoms with E-state index in [0.717, 1.165) is 64.0 Å². The first kappa shape index (κ1) is 21.2. The van der Waals surface area contributed by atoms with Gasteiger partial charge in [0.15, 0.2) is 5.78 Å². The zero-order valence-electron chi connectivity index (χ0n) is 17.8. The number of halogens is 1. The van der Waals surface area contributed by atoms with Crippen LogP contribution in [-0.4, -0.2) is 43.4 Å². The van der Waals surface area contributed by atoms with Crippen molar-refractivity contribution in [3.8, 4) is 0 Å². The van der Waals surface area contributed by atoms with E-state index in [1.807, 2.05) is 18.2 Å². The van der Waals surface area contributed by atoms with Gasteiger partial charge in [-0.15, -0.1) is 0 Å². The zero-order chi connectivity index (χ0) is 20.8. The summed E-state index contributed by atoms with van der Waals surface area (Å²) in [5.41, 5.74) is 4.85. The fourth-order valence-electron chi connectivity index (χ4n) is 4.82. The minimum Gasteiger partial charge on any atom is -0.316 e. The lowest BCUT2D eigenvalue weighted by Crippen LogP contribution is -2.35. The summed E-state index contributed by atoms with van der Waals surface area (Å²) in [6.45, 7) is 5.24. The number of hydrogen-bond donors (Lipinski definition) is 1. The van der Waals surface area contributed by atoms with Crippen LogP contribution >= 0.6 is 0 Å². The molecular formula is C26H33FN2O. The molecule has 1 fully saturated rings. The Morgan fingerprint density at radius 2 is 1.73 bits per heavy atom. The smallest absolute Gasteiger partial charge is 0.162 e. The van der Waals surface area contributed by atoms with Gasteiger partial charge in [0.1, 0.15) is 5.82 Å². The maximum Gasteiger partial charge on any atom is 0.162 e. The molecule has 0 amide bonds. The van der Waals surface area contributed by atoms with E-state index in [4.69, 9.17) is 0 Å². The van der Waals surface area contributed by atoms with Crippen LogP contribution in [0.15, 0.2) is 42.5 Å². The SMILES string of the molecule is O=C(CCCN1CCC(Cc2ccc(F)cc2)CC1)c1ccc2c(c1)CCNCC2. The Morgan fingerprint density at radius 3 is 2.50 bits per heavy atom. The third kappa shape index (κ3) is 5.77. The molecule has 2 heterocycles. The molecule has 160 valence electrons. The predicted octanol–water partition coefficient (Wildman–Crippen LogP) is 4.43. The van der Waals surface area contributed by atoms with Gasteiger partial charge in [-0.25, -0.2) is 4.39 Å². The van der Waals surface area contributed by atoms with Crippen molar-refractivity contribution < 1.29 is 9.18 Å². The minimum absolute atomic E-state index is 0.161. The Bertz CT molecular complexity index is 841. The Kier molecular flexibility index (Phi) is 7.29. The van der Waals surface area contributed by atoms with E-state index in [-0.39, 0.29) is 11.6 Å². The van der Waals surface area contributed by atoms with Gasteiger partial charge in [-0.2, -0.15) is 0 Å². The van der Waals surface area contributed by atoms with Crippen molar-refractivity contribution >= 4 is 5.78 Å². The summed E-state index contributed by atoms with van der Waals surface area (Å²) in [6.07, 6.45) is 7.05. The van der Waals surface area contributed by atoms with Crippen molar-refractivity contribution in [1.82, 2.24) is 10.2 Å². The zero-order valence-corrected chi connectivity index (χ0v) is 17.8. The van der Waals surface area contributed by atoms with E-state index in [0.29, 0.717) is 12.3 Å². The van der Waals surface area contributed by atoms with Gasteiger partial charge in [0.05, 0.1) is 0 Å². The number of carbonyl (C=O) groups excluding carboxylic acids is 1. The molecule has 4 rings (SSSR count). The van der Waals surface area contributed by atoms with E-state index >= 15 is 0 Å². The van der Waals surface area contributed by atoms with Gasteiger partial charge in [-0.1, -0.05) is 24.3 Å². The molecule has 1 N–H and O–H groups in total. The number of nitrogens with zero attached hydrogens (tertiary/aromatic N) is 1. The molecule has 0 spiro atoms. The van der Waals surface area contributed by atoms with Crippen LogP contribution in [0.3, 0.4) is 0 Å². The molecule has 2 aromatic carbocycles. The number of nitrogens with one attached hydrogen (secondary N) is 1. The quantitative estimate of drug-likeness (QED) is 0.688. The summed E-state index contributed by atoms with van der Waals surface area (Å²) in [4.78, 5) is 15.2. The summed E-state index contributed by atoms with van der Waals surface area (Å²) in [6, 6.07) is 13.2. The summed E-state index contributed by atoms with van der Waals surface area (Å²) in [5, 5.41) is 3.43. The second kappa shape index (κ2) is 10.3. The second-order valence-electron chi connectivity index (χ2n) is 8.88. The summed E-state index contributed by atoms with van der Waals surface area (Å²) >= 11 is 0. The molecule has 0 bridgehead atoms. The molecule has 2 aliphatic heterocycles. The van der Waals surface area contributed by atoms with Crippen molar-refractivity contribution in [2.24, 2.45) is 5.92 Å². The monoisotopic (exact) mass is 408 g/mol. The van der Waals surface area contributed by atoms with Crippen molar-refractivity contribution in [2.75, 3.05) is 32.7 Å². The molecule has 0 saturated carbocycles. The molecular weight excluding hydrogens is 375 g/mol. The van der Waals surface area contributed by atoms with E-state index in [9.17, 15) is 9.18 Å². The summed E-state index contributed by atoms with van der Waals surface area (Å²) < 4.78 is 13.1. The van der Waals surface area contributed by atoms with Crippen LogP contribution in [0, 0.1) is 11.7 Å². The second-order valence-corrected chi connectivity index (χ2v) is 8.88. The Hall–Kier alpha value is -2.04. The number of likely N-dealkylation sites (tertiary alicyclic amines) is 1. The Morgan fingerprint density at radius 1 is 1.00 bits per heavy atom. The number of rotatable bonds is 7. The topological polar surface area (TPSA) is 32.3 Å². The van der Waals surface area contributed by atoms with Gasteiger partial charge in [0, 0.05) is 12.0 Å². The number of Topliss-reactive ketones (excluding diaryl/α,β-unsaturated/α-hetero) is 1. The van der Waals surface area contributed by atoms with Crippen LogP contribution in [0.4, 0.5) is 4.39 Å². The van der Waals surface area contributed by atoms with Gasteiger partial charge < -0.3 is 10.2 Å². The van der Waals surface area contributed by atoms with Crippen molar-refractivity contribution in [2.45, 2.75) is 44.9 Å². The lowest BCUT2D eigenvalue weighted by atomic mass is 9.90.